The first-order valence-electron chi connectivity index (χ1n) is 8.67. The molecule has 0 saturated carbocycles. The van der Waals surface area contributed by atoms with Crippen LogP contribution in [0.4, 0.5) is 0 Å². The smallest absolute Gasteiger partial charge is 0.337 e. The van der Waals surface area contributed by atoms with Crippen molar-refractivity contribution < 1.29 is 19.8 Å². The maximum atomic E-state index is 13.1. The molecular formula is C21H25NO4. The molecule has 5 nitrogen and oxygen atoms in total. The summed E-state index contributed by atoms with van der Waals surface area (Å²) in [6.07, 6.45) is -1.56. The Hall–Kier alpha value is -2.66. The van der Waals surface area contributed by atoms with Crippen molar-refractivity contribution in [2.45, 2.75) is 45.9 Å². The normalized spacial score (nSPS) is 12.3. The lowest BCUT2D eigenvalue weighted by atomic mass is 9.96. The van der Waals surface area contributed by atoms with Crippen LogP contribution in [0.15, 0.2) is 48.5 Å². The molecular weight excluding hydrogens is 330 g/mol. The van der Waals surface area contributed by atoms with E-state index in [1.165, 1.54) is 0 Å². The standard InChI is InChI=1S/C21H25NO4/c1-13(2)22(14(3)4)20(24)18-8-6-5-7-17(18)15-9-11-16(12-10-15)19(23)21(25)26/h5-14,19,23H,1-4H3,(H,25,26)/t19-/m0/s1. The summed E-state index contributed by atoms with van der Waals surface area (Å²) in [5.74, 6) is -1.34. The highest BCUT2D eigenvalue weighted by Gasteiger charge is 2.24. The summed E-state index contributed by atoms with van der Waals surface area (Å²) in [5.41, 5.74) is 2.47. The minimum absolute atomic E-state index is 0.0414. The average molecular weight is 355 g/mol. The maximum Gasteiger partial charge on any atom is 0.337 e. The molecule has 0 aromatic heterocycles. The Balaban J connectivity index is 2.43. The summed E-state index contributed by atoms with van der Waals surface area (Å²) in [6, 6.07) is 14.1. The lowest BCUT2D eigenvalue weighted by Crippen LogP contribution is -2.42. The first-order chi connectivity index (χ1) is 12.2. The van der Waals surface area contributed by atoms with E-state index in [9.17, 15) is 14.7 Å². The van der Waals surface area contributed by atoms with E-state index in [0.717, 1.165) is 11.1 Å². The summed E-state index contributed by atoms with van der Waals surface area (Å²) in [6.45, 7) is 7.95. The Morgan fingerprint density at radius 2 is 1.42 bits per heavy atom. The summed E-state index contributed by atoms with van der Waals surface area (Å²) >= 11 is 0. The highest BCUT2D eigenvalue weighted by atomic mass is 16.4. The van der Waals surface area contributed by atoms with Gasteiger partial charge >= 0.3 is 5.97 Å². The van der Waals surface area contributed by atoms with E-state index >= 15 is 0 Å². The number of carbonyl (C=O) groups excluding carboxylic acids is 1. The number of benzene rings is 2. The fourth-order valence-corrected chi connectivity index (χ4v) is 3.11. The van der Waals surface area contributed by atoms with Crippen LogP contribution in [0.25, 0.3) is 11.1 Å². The van der Waals surface area contributed by atoms with Crippen LogP contribution >= 0.6 is 0 Å². The van der Waals surface area contributed by atoms with Gasteiger partial charge in [0.15, 0.2) is 6.10 Å². The minimum Gasteiger partial charge on any atom is -0.479 e. The zero-order chi connectivity index (χ0) is 19.4. The van der Waals surface area contributed by atoms with Gasteiger partial charge in [0.1, 0.15) is 0 Å². The molecule has 138 valence electrons. The molecule has 5 heteroatoms. The van der Waals surface area contributed by atoms with Crippen LogP contribution in [0.5, 0.6) is 0 Å². The molecule has 0 spiro atoms. The monoisotopic (exact) mass is 355 g/mol. The highest BCUT2D eigenvalue weighted by molar-refractivity contribution is 6.01. The lowest BCUT2D eigenvalue weighted by Gasteiger charge is -2.31. The number of aliphatic hydroxyl groups excluding tert-OH is 1. The van der Waals surface area contributed by atoms with Gasteiger partial charge in [0.25, 0.3) is 5.91 Å². The first-order valence-corrected chi connectivity index (χ1v) is 8.67. The second-order valence-corrected chi connectivity index (χ2v) is 6.81. The van der Waals surface area contributed by atoms with E-state index in [1.54, 1.807) is 30.3 Å². The molecule has 1 atom stereocenters. The minimum atomic E-state index is -1.56. The number of aliphatic carboxylic acids is 1. The molecule has 0 heterocycles. The van der Waals surface area contributed by atoms with Crippen molar-refractivity contribution in [3.63, 3.8) is 0 Å². The van der Waals surface area contributed by atoms with Crippen LogP contribution in [-0.4, -0.2) is 39.1 Å². The van der Waals surface area contributed by atoms with Gasteiger partial charge in [-0.15, -0.1) is 0 Å². The molecule has 0 aliphatic rings. The quantitative estimate of drug-likeness (QED) is 0.828. The van der Waals surface area contributed by atoms with Crippen molar-refractivity contribution >= 4 is 11.9 Å². The van der Waals surface area contributed by atoms with E-state index in [0.29, 0.717) is 11.1 Å². The molecule has 2 N–H and O–H groups in total. The molecule has 2 aromatic rings. The molecule has 1 amide bonds. The van der Waals surface area contributed by atoms with Crippen LogP contribution < -0.4 is 0 Å². The number of amides is 1. The summed E-state index contributed by atoms with van der Waals surface area (Å²) in [4.78, 5) is 25.8. The van der Waals surface area contributed by atoms with Gasteiger partial charge in [0.2, 0.25) is 0 Å². The third-order valence-corrected chi connectivity index (χ3v) is 4.28. The van der Waals surface area contributed by atoms with E-state index in [4.69, 9.17) is 5.11 Å². The second-order valence-electron chi connectivity index (χ2n) is 6.81. The molecule has 26 heavy (non-hydrogen) atoms. The average Bonchev–Trinajstić information content (AvgIpc) is 2.60. The lowest BCUT2D eigenvalue weighted by molar-refractivity contribution is -0.146. The number of nitrogens with zero attached hydrogens (tertiary/aromatic N) is 1. The van der Waals surface area contributed by atoms with Crippen LogP contribution in [0.1, 0.15) is 49.7 Å². The maximum absolute atomic E-state index is 13.1. The molecule has 0 bridgehead atoms. The van der Waals surface area contributed by atoms with Gasteiger partial charge in [0, 0.05) is 17.6 Å². The van der Waals surface area contributed by atoms with E-state index in [-0.39, 0.29) is 18.0 Å². The van der Waals surface area contributed by atoms with Gasteiger partial charge < -0.3 is 15.1 Å². The number of aliphatic hydroxyl groups is 1. The molecule has 2 aromatic carbocycles. The fourth-order valence-electron chi connectivity index (χ4n) is 3.11. The molecule has 0 fully saturated rings. The zero-order valence-electron chi connectivity index (χ0n) is 15.5. The predicted molar refractivity (Wildman–Crippen MR) is 101 cm³/mol. The Bertz CT molecular complexity index is 773. The predicted octanol–water partition coefficient (Wildman–Crippen LogP) is 3.73. The van der Waals surface area contributed by atoms with Gasteiger partial charge in [-0.2, -0.15) is 0 Å². The van der Waals surface area contributed by atoms with Crippen molar-refractivity contribution in [1.29, 1.82) is 0 Å². The third-order valence-electron chi connectivity index (χ3n) is 4.28. The van der Waals surface area contributed by atoms with Crippen molar-refractivity contribution in [2.24, 2.45) is 0 Å². The molecule has 2 rings (SSSR count). The summed E-state index contributed by atoms with van der Waals surface area (Å²) in [5, 5.41) is 18.5. The SMILES string of the molecule is CC(C)N(C(=O)c1ccccc1-c1ccc([C@H](O)C(=O)O)cc1)C(C)C. The third kappa shape index (κ3) is 4.11. The molecule has 0 saturated heterocycles. The second kappa shape index (κ2) is 8.15. The van der Waals surface area contributed by atoms with Crippen LogP contribution in [0.2, 0.25) is 0 Å². The Labute approximate surface area is 153 Å². The Kier molecular flexibility index (Phi) is 6.16. The van der Waals surface area contributed by atoms with Gasteiger partial charge in [-0.3, -0.25) is 4.79 Å². The number of hydrogen-bond acceptors (Lipinski definition) is 3. The van der Waals surface area contributed by atoms with Crippen molar-refractivity contribution in [3.8, 4) is 11.1 Å². The molecule has 0 unspecified atom stereocenters. The van der Waals surface area contributed by atoms with Gasteiger partial charge in [-0.25, -0.2) is 4.79 Å². The van der Waals surface area contributed by atoms with E-state index in [1.807, 2.05) is 50.8 Å². The number of rotatable bonds is 6. The molecule has 0 radical (unpaired) electrons. The van der Waals surface area contributed by atoms with E-state index < -0.39 is 12.1 Å². The van der Waals surface area contributed by atoms with Crippen molar-refractivity contribution in [2.75, 3.05) is 0 Å². The topological polar surface area (TPSA) is 77.8 Å². The van der Waals surface area contributed by atoms with Crippen LogP contribution in [-0.2, 0) is 4.79 Å². The fraction of sp³-hybridized carbons (Fsp3) is 0.333. The van der Waals surface area contributed by atoms with Gasteiger partial charge in [0.05, 0.1) is 0 Å². The number of hydrogen-bond donors (Lipinski definition) is 2. The number of carbonyl (C=O) groups is 2. The Morgan fingerprint density at radius 3 is 1.92 bits per heavy atom. The largest absolute Gasteiger partial charge is 0.479 e. The summed E-state index contributed by atoms with van der Waals surface area (Å²) < 4.78 is 0. The Morgan fingerprint density at radius 1 is 0.885 bits per heavy atom. The molecule has 0 aliphatic heterocycles. The van der Waals surface area contributed by atoms with Crippen LogP contribution in [0, 0.1) is 0 Å². The van der Waals surface area contributed by atoms with Crippen molar-refractivity contribution in [3.05, 3.63) is 59.7 Å². The zero-order valence-corrected chi connectivity index (χ0v) is 15.5. The van der Waals surface area contributed by atoms with Gasteiger partial charge in [-0.05, 0) is 50.5 Å². The number of carboxylic acid groups (broad SMARTS) is 1. The molecule has 0 aliphatic carbocycles. The highest BCUT2D eigenvalue weighted by Crippen LogP contribution is 2.27. The first kappa shape index (κ1) is 19.7. The van der Waals surface area contributed by atoms with Gasteiger partial charge in [-0.1, -0.05) is 42.5 Å². The van der Waals surface area contributed by atoms with Crippen LogP contribution in [0.3, 0.4) is 0 Å². The summed E-state index contributed by atoms with van der Waals surface area (Å²) in [7, 11) is 0. The van der Waals surface area contributed by atoms with E-state index in [2.05, 4.69) is 0 Å². The number of carboxylic acids is 1. The van der Waals surface area contributed by atoms with Crippen molar-refractivity contribution in [1.82, 2.24) is 4.90 Å².